The minimum Gasteiger partial charge on any atom is -0.335 e. The molecular formula is C17H26N2O5S2. The molecule has 1 heterocycles. The number of sulfonamides is 1. The van der Waals surface area contributed by atoms with Crippen LogP contribution in [0.3, 0.4) is 0 Å². The van der Waals surface area contributed by atoms with Crippen LogP contribution in [0.25, 0.3) is 0 Å². The minimum atomic E-state index is -3.57. The SMILES string of the molecule is CCN(C(=O)c1ccc(S(=O)(=O)N(CC)CC)cc1)[C@H]1CCS(=O)(=O)C1. The van der Waals surface area contributed by atoms with Crippen LogP contribution in [0.5, 0.6) is 0 Å². The Hall–Kier alpha value is -1.45. The van der Waals surface area contributed by atoms with Crippen LogP contribution in [-0.2, 0) is 19.9 Å². The van der Waals surface area contributed by atoms with Gasteiger partial charge in [0.25, 0.3) is 5.91 Å². The number of hydrogen-bond acceptors (Lipinski definition) is 5. The van der Waals surface area contributed by atoms with Gasteiger partial charge in [0.15, 0.2) is 9.84 Å². The van der Waals surface area contributed by atoms with Crippen molar-refractivity contribution in [1.82, 2.24) is 9.21 Å². The highest BCUT2D eigenvalue weighted by Crippen LogP contribution is 2.21. The van der Waals surface area contributed by atoms with E-state index in [9.17, 15) is 21.6 Å². The summed E-state index contributed by atoms with van der Waals surface area (Å²) in [5.74, 6) is -0.190. The maximum Gasteiger partial charge on any atom is 0.254 e. The van der Waals surface area contributed by atoms with E-state index in [1.165, 1.54) is 28.6 Å². The van der Waals surface area contributed by atoms with Gasteiger partial charge < -0.3 is 4.90 Å². The van der Waals surface area contributed by atoms with E-state index in [1.54, 1.807) is 18.7 Å². The van der Waals surface area contributed by atoms with Crippen LogP contribution in [0.15, 0.2) is 29.2 Å². The predicted octanol–water partition coefficient (Wildman–Crippen LogP) is 1.37. The Kier molecular flexibility index (Phi) is 6.46. The average molecular weight is 403 g/mol. The third-order valence-electron chi connectivity index (χ3n) is 4.70. The zero-order chi connectivity index (χ0) is 19.5. The Morgan fingerprint density at radius 2 is 1.65 bits per heavy atom. The van der Waals surface area contributed by atoms with Crippen LogP contribution in [-0.4, -0.2) is 69.1 Å². The van der Waals surface area contributed by atoms with E-state index in [2.05, 4.69) is 0 Å². The molecular weight excluding hydrogens is 376 g/mol. The molecule has 0 unspecified atom stereocenters. The topological polar surface area (TPSA) is 91.8 Å². The summed E-state index contributed by atoms with van der Waals surface area (Å²) in [5, 5.41) is 0. The van der Waals surface area contributed by atoms with Crippen molar-refractivity contribution >= 4 is 25.8 Å². The Bertz CT molecular complexity index is 844. The monoisotopic (exact) mass is 402 g/mol. The number of carbonyl (C=O) groups is 1. The number of benzene rings is 1. The highest BCUT2D eigenvalue weighted by atomic mass is 32.2. The molecule has 2 rings (SSSR count). The molecule has 146 valence electrons. The zero-order valence-corrected chi connectivity index (χ0v) is 17.0. The van der Waals surface area contributed by atoms with E-state index in [0.717, 1.165) is 0 Å². The standard InChI is InChI=1S/C17H26N2O5S2/c1-4-18(5-2)26(23,24)16-9-7-14(8-10-16)17(20)19(6-3)15-11-12-25(21,22)13-15/h7-10,15H,4-6,11-13H2,1-3H3/t15-/m0/s1. The Morgan fingerprint density at radius 1 is 1.08 bits per heavy atom. The average Bonchev–Trinajstić information content (AvgIpc) is 2.96. The van der Waals surface area contributed by atoms with E-state index in [4.69, 9.17) is 0 Å². The van der Waals surface area contributed by atoms with E-state index < -0.39 is 19.9 Å². The van der Waals surface area contributed by atoms with Gasteiger partial charge in [-0.15, -0.1) is 0 Å². The second-order valence-corrected chi connectivity index (χ2v) is 10.4. The van der Waals surface area contributed by atoms with Crippen molar-refractivity contribution in [2.24, 2.45) is 0 Å². The van der Waals surface area contributed by atoms with Gasteiger partial charge in [0.05, 0.1) is 16.4 Å². The predicted molar refractivity (Wildman–Crippen MR) is 100 cm³/mol. The van der Waals surface area contributed by atoms with Gasteiger partial charge >= 0.3 is 0 Å². The van der Waals surface area contributed by atoms with Gasteiger partial charge in [0.2, 0.25) is 10.0 Å². The number of sulfone groups is 1. The molecule has 0 saturated carbocycles. The first-order valence-electron chi connectivity index (χ1n) is 8.77. The van der Waals surface area contributed by atoms with Crippen molar-refractivity contribution in [3.8, 4) is 0 Å². The van der Waals surface area contributed by atoms with Crippen molar-refractivity contribution in [2.75, 3.05) is 31.1 Å². The first-order valence-corrected chi connectivity index (χ1v) is 12.0. The molecule has 0 aliphatic carbocycles. The Balaban J connectivity index is 2.23. The van der Waals surface area contributed by atoms with Gasteiger partial charge in [-0.3, -0.25) is 4.79 Å². The van der Waals surface area contributed by atoms with Gasteiger partial charge in [-0.2, -0.15) is 4.31 Å². The molecule has 1 atom stereocenters. The molecule has 1 aromatic carbocycles. The lowest BCUT2D eigenvalue weighted by molar-refractivity contribution is 0.0708. The second-order valence-electron chi connectivity index (χ2n) is 6.26. The Morgan fingerprint density at radius 3 is 2.08 bits per heavy atom. The lowest BCUT2D eigenvalue weighted by atomic mass is 10.1. The molecule has 0 radical (unpaired) electrons. The van der Waals surface area contributed by atoms with E-state index >= 15 is 0 Å². The molecule has 1 fully saturated rings. The van der Waals surface area contributed by atoms with Gasteiger partial charge in [0.1, 0.15) is 0 Å². The van der Waals surface area contributed by atoms with E-state index in [1.807, 2.05) is 6.92 Å². The molecule has 1 aliphatic heterocycles. The fourth-order valence-electron chi connectivity index (χ4n) is 3.24. The van der Waals surface area contributed by atoms with Crippen molar-refractivity contribution in [1.29, 1.82) is 0 Å². The normalized spacial score (nSPS) is 19.6. The van der Waals surface area contributed by atoms with Crippen LogP contribution in [0.1, 0.15) is 37.6 Å². The van der Waals surface area contributed by atoms with Crippen LogP contribution in [0.2, 0.25) is 0 Å². The molecule has 0 spiro atoms. The van der Waals surface area contributed by atoms with Crippen LogP contribution in [0.4, 0.5) is 0 Å². The number of amides is 1. The summed E-state index contributed by atoms with van der Waals surface area (Å²) in [7, 11) is -6.66. The fraction of sp³-hybridized carbons (Fsp3) is 0.588. The molecule has 0 N–H and O–H groups in total. The van der Waals surface area contributed by atoms with E-state index in [-0.39, 0.29) is 28.4 Å². The fourth-order valence-corrected chi connectivity index (χ4v) is 6.43. The van der Waals surface area contributed by atoms with Crippen molar-refractivity contribution < 1.29 is 21.6 Å². The summed E-state index contributed by atoms with van der Waals surface area (Å²) in [6.45, 7) is 6.50. The number of rotatable bonds is 7. The maximum absolute atomic E-state index is 12.8. The quantitative estimate of drug-likeness (QED) is 0.687. The molecule has 26 heavy (non-hydrogen) atoms. The largest absolute Gasteiger partial charge is 0.335 e. The molecule has 0 aromatic heterocycles. The lowest BCUT2D eigenvalue weighted by Gasteiger charge is -2.27. The zero-order valence-electron chi connectivity index (χ0n) is 15.4. The van der Waals surface area contributed by atoms with Crippen molar-refractivity contribution in [2.45, 2.75) is 38.1 Å². The number of carbonyl (C=O) groups excluding carboxylic acids is 1. The van der Waals surface area contributed by atoms with Crippen LogP contribution in [0, 0.1) is 0 Å². The van der Waals surface area contributed by atoms with Gasteiger partial charge in [-0.1, -0.05) is 13.8 Å². The molecule has 1 amide bonds. The van der Waals surface area contributed by atoms with Crippen molar-refractivity contribution in [3.05, 3.63) is 29.8 Å². The van der Waals surface area contributed by atoms with Gasteiger partial charge in [-0.25, -0.2) is 16.8 Å². The van der Waals surface area contributed by atoms with E-state index in [0.29, 0.717) is 31.6 Å². The summed E-state index contributed by atoms with van der Waals surface area (Å²) >= 11 is 0. The van der Waals surface area contributed by atoms with Gasteiger partial charge in [0, 0.05) is 31.2 Å². The van der Waals surface area contributed by atoms with Crippen LogP contribution >= 0.6 is 0 Å². The van der Waals surface area contributed by atoms with Gasteiger partial charge in [-0.05, 0) is 37.6 Å². The number of hydrogen-bond donors (Lipinski definition) is 0. The smallest absolute Gasteiger partial charge is 0.254 e. The lowest BCUT2D eigenvalue weighted by Crippen LogP contribution is -2.41. The summed E-state index contributed by atoms with van der Waals surface area (Å²) in [4.78, 5) is 14.4. The molecule has 9 heteroatoms. The van der Waals surface area contributed by atoms with Crippen LogP contribution < -0.4 is 0 Å². The third kappa shape index (κ3) is 4.27. The first kappa shape index (κ1) is 20.9. The summed E-state index contributed by atoms with van der Waals surface area (Å²) in [6, 6.07) is 5.52. The first-order chi connectivity index (χ1) is 12.2. The Labute approximate surface area is 156 Å². The molecule has 1 aliphatic rings. The number of nitrogens with zero attached hydrogens (tertiary/aromatic N) is 2. The molecule has 7 nitrogen and oxygen atoms in total. The summed E-state index contributed by atoms with van der Waals surface area (Å²) in [6.07, 6.45) is 0.441. The molecule has 1 aromatic rings. The van der Waals surface area contributed by atoms with Crippen molar-refractivity contribution in [3.63, 3.8) is 0 Å². The second kappa shape index (κ2) is 8.06. The minimum absolute atomic E-state index is 0.0129. The summed E-state index contributed by atoms with van der Waals surface area (Å²) < 4.78 is 49.7. The molecule has 1 saturated heterocycles. The maximum atomic E-state index is 12.8. The summed E-state index contributed by atoms with van der Waals surface area (Å²) in [5.41, 5.74) is 0.356. The molecule has 0 bridgehead atoms. The highest BCUT2D eigenvalue weighted by Gasteiger charge is 2.34. The highest BCUT2D eigenvalue weighted by molar-refractivity contribution is 7.91. The third-order valence-corrected chi connectivity index (χ3v) is 8.51.